The zero-order chi connectivity index (χ0) is 15.3. The Balaban J connectivity index is 2.27. The van der Waals surface area contributed by atoms with Gasteiger partial charge in [0.2, 0.25) is 0 Å². The molecule has 0 unspecified atom stereocenters. The summed E-state index contributed by atoms with van der Waals surface area (Å²) in [7, 11) is -0.767. The first-order valence-electron chi connectivity index (χ1n) is 6.75. The van der Waals surface area contributed by atoms with Crippen LogP contribution < -0.4 is 0 Å². The predicted molar refractivity (Wildman–Crippen MR) is 75.8 cm³/mol. The first kappa shape index (κ1) is 15.4. The minimum Gasteiger partial charge on any atom is -0.466 e. The summed E-state index contributed by atoms with van der Waals surface area (Å²) in [6.07, 6.45) is 0.0394. The summed E-state index contributed by atoms with van der Waals surface area (Å²) in [6, 6.07) is 0. The quantitative estimate of drug-likeness (QED) is 0.452. The monoisotopic (exact) mass is 298 g/mol. The van der Waals surface area contributed by atoms with E-state index in [-0.39, 0.29) is 22.5 Å². The molecule has 0 saturated carbocycles. The number of hydrogen-bond donors (Lipinski definition) is 0. The highest BCUT2D eigenvalue weighted by molar-refractivity contribution is 6.74. The topological polar surface area (TPSA) is 65.1 Å². The van der Waals surface area contributed by atoms with Crippen molar-refractivity contribution in [3.63, 3.8) is 0 Å². The zero-order valence-corrected chi connectivity index (χ0v) is 13.9. The molecule has 1 aliphatic carbocycles. The highest BCUT2D eigenvalue weighted by atomic mass is 28.4. The molecule has 0 aromatic heterocycles. The van der Waals surface area contributed by atoms with Crippen molar-refractivity contribution in [2.45, 2.75) is 57.2 Å². The molecule has 1 fully saturated rings. The molecular formula is C14H22O5Si. The Morgan fingerprint density at radius 1 is 1.35 bits per heavy atom. The molecule has 1 saturated heterocycles. The smallest absolute Gasteiger partial charge is 0.336 e. The largest absolute Gasteiger partial charge is 0.466 e. The standard InChI is InChI=1S/C14H22O5Si/c1-14(2,3)20(5,6)19-10-8(13(16)17-4)7-9(15)11-12(10)18-11/h7,10-12H,1-6H3/t10-,11-,12+/m0/s1. The van der Waals surface area contributed by atoms with Gasteiger partial charge in [-0.3, -0.25) is 4.79 Å². The number of carbonyl (C=O) groups is 2. The van der Waals surface area contributed by atoms with Gasteiger partial charge in [-0.2, -0.15) is 0 Å². The van der Waals surface area contributed by atoms with E-state index in [9.17, 15) is 9.59 Å². The van der Waals surface area contributed by atoms with Gasteiger partial charge in [-0.05, 0) is 24.2 Å². The summed E-state index contributed by atoms with van der Waals surface area (Å²) in [5.74, 6) is -0.693. The van der Waals surface area contributed by atoms with Crippen molar-refractivity contribution >= 4 is 20.1 Å². The van der Waals surface area contributed by atoms with Crippen molar-refractivity contribution in [3.05, 3.63) is 11.6 Å². The maximum atomic E-state index is 11.9. The van der Waals surface area contributed by atoms with E-state index >= 15 is 0 Å². The molecule has 0 radical (unpaired) electrons. The number of ketones is 1. The first-order valence-corrected chi connectivity index (χ1v) is 9.66. The Morgan fingerprint density at radius 3 is 2.45 bits per heavy atom. The van der Waals surface area contributed by atoms with E-state index in [1.54, 1.807) is 0 Å². The highest BCUT2D eigenvalue weighted by Crippen LogP contribution is 2.43. The van der Waals surface area contributed by atoms with Crippen molar-refractivity contribution in [2.75, 3.05) is 7.11 Å². The van der Waals surface area contributed by atoms with Gasteiger partial charge in [-0.25, -0.2) is 4.79 Å². The van der Waals surface area contributed by atoms with Crippen molar-refractivity contribution in [3.8, 4) is 0 Å². The van der Waals surface area contributed by atoms with E-state index in [1.165, 1.54) is 13.2 Å². The maximum absolute atomic E-state index is 11.9. The Morgan fingerprint density at radius 2 is 1.95 bits per heavy atom. The van der Waals surface area contributed by atoms with Gasteiger partial charge < -0.3 is 13.9 Å². The molecule has 1 heterocycles. The van der Waals surface area contributed by atoms with E-state index in [0.717, 1.165) is 0 Å². The van der Waals surface area contributed by atoms with Gasteiger partial charge in [0.1, 0.15) is 18.3 Å². The molecular weight excluding hydrogens is 276 g/mol. The van der Waals surface area contributed by atoms with Gasteiger partial charge in [0.05, 0.1) is 12.7 Å². The van der Waals surface area contributed by atoms with Crippen LogP contribution in [0.2, 0.25) is 18.1 Å². The molecule has 0 amide bonds. The Hall–Kier alpha value is -0.983. The lowest BCUT2D eigenvalue weighted by Crippen LogP contribution is -2.48. The number of fused-ring (bicyclic) bond motifs is 1. The summed E-state index contributed by atoms with van der Waals surface area (Å²) in [5, 5.41) is 0.0140. The highest BCUT2D eigenvalue weighted by Gasteiger charge is 2.57. The number of carbonyl (C=O) groups excluding carboxylic acids is 2. The number of hydrogen-bond acceptors (Lipinski definition) is 5. The fourth-order valence-corrected chi connectivity index (χ4v) is 3.24. The van der Waals surface area contributed by atoms with Crippen LogP contribution in [0.5, 0.6) is 0 Å². The number of rotatable bonds is 3. The molecule has 5 nitrogen and oxygen atoms in total. The Kier molecular flexibility index (Phi) is 3.69. The van der Waals surface area contributed by atoms with E-state index in [2.05, 4.69) is 33.9 Å². The summed E-state index contributed by atoms with van der Waals surface area (Å²) in [5.41, 5.74) is 0.279. The second-order valence-corrected chi connectivity index (χ2v) is 11.6. The minimum absolute atomic E-state index is 0.0140. The molecule has 2 rings (SSSR count). The lowest BCUT2D eigenvalue weighted by atomic mass is 9.96. The lowest BCUT2D eigenvalue weighted by Gasteiger charge is -2.39. The fourth-order valence-electron chi connectivity index (χ4n) is 2.00. The summed E-state index contributed by atoms with van der Waals surface area (Å²) >= 11 is 0. The average Bonchev–Trinajstić information content (AvgIpc) is 3.10. The fraction of sp³-hybridized carbons (Fsp3) is 0.714. The van der Waals surface area contributed by atoms with Crippen molar-refractivity contribution < 1.29 is 23.5 Å². The van der Waals surface area contributed by atoms with Crippen molar-refractivity contribution in [1.29, 1.82) is 0 Å². The number of ether oxygens (including phenoxy) is 2. The van der Waals surface area contributed by atoms with Crippen LogP contribution >= 0.6 is 0 Å². The normalized spacial score (nSPS) is 29.6. The second-order valence-electron chi connectivity index (χ2n) is 6.81. The van der Waals surface area contributed by atoms with Gasteiger partial charge in [0.15, 0.2) is 14.1 Å². The molecule has 2 aliphatic rings. The van der Waals surface area contributed by atoms with Crippen LogP contribution in [0, 0.1) is 0 Å². The van der Waals surface area contributed by atoms with Crippen LogP contribution in [-0.4, -0.2) is 45.5 Å². The summed E-state index contributed by atoms with van der Waals surface area (Å²) in [6.45, 7) is 10.6. The number of epoxide rings is 1. The van der Waals surface area contributed by atoms with Crippen LogP contribution in [0.1, 0.15) is 20.8 Å². The molecule has 112 valence electrons. The molecule has 1 aliphatic heterocycles. The van der Waals surface area contributed by atoms with Crippen LogP contribution in [0.3, 0.4) is 0 Å². The Labute approximate surface area is 120 Å². The third-order valence-electron chi connectivity index (χ3n) is 4.36. The third kappa shape index (κ3) is 2.59. The number of esters is 1. The third-order valence-corrected chi connectivity index (χ3v) is 8.81. The number of methoxy groups -OCH3 is 1. The van der Waals surface area contributed by atoms with Crippen molar-refractivity contribution in [1.82, 2.24) is 0 Å². The molecule has 0 bridgehead atoms. The molecule has 0 aromatic carbocycles. The molecule has 20 heavy (non-hydrogen) atoms. The zero-order valence-electron chi connectivity index (χ0n) is 12.9. The van der Waals surface area contributed by atoms with Gasteiger partial charge >= 0.3 is 5.97 Å². The first-order chi connectivity index (χ1) is 9.08. The second kappa shape index (κ2) is 4.79. The Bertz CT molecular complexity index is 474. The molecule has 0 N–H and O–H groups in total. The molecule has 0 spiro atoms. The lowest BCUT2D eigenvalue weighted by molar-refractivity contribution is -0.137. The van der Waals surface area contributed by atoms with Crippen LogP contribution in [0.4, 0.5) is 0 Å². The van der Waals surface area contributed by atoms with Crippen LogP contribution in [-0.2, 0) is 23.5 Å². The van der Waals surface area contributed by atoms with Crippen LogP contribution in [0.25, 0.3) is 0 Å². The molecule has 3 atom stereocenters. The predicted octanol–water partition coefficient (Wildman–Crippen LogP) is 1.83. The van der Waals surface area contributed by atoms with E-state index in [0.29, 0.717) is 0 Å². The molecule has 0 aromatic rings. The van der Waals surface area contributed by atoms with E-state index < -0.39 is 26.5 Å². The summed E-state index contributed by atoms with van der Waals surface area (Å²) < 4.78 is 16.4. The average molecular weight is 298 g/mol. The van der Waals surface area contributed by atoms with E-state index in [4.69, 9.17) is 13.9 Å². The summed E-state index contributed by atoms with van der Waals surface area (Å²) in [4.78, 5) is 23.6. The van der Waals surface area contributed by atoms with Gasteiger partial charge in [-0.1, -0.05) is 20.8 Å². The van der Waals surface area contributed by atoms with Crippen molar-refractivity contribution in [2.24, 2.45) is 0 Å². The van der Waals surface area contributed by atoms with Gasteiger partial charge in [-0.15, -0.1) is 0 Å². The van der Waals surface area contributed by atoms with Crippen LogP contribution in [0.15, 0.2) is 11.6 Å². The molecule has 6 heteroatoms. The van der Waals surface area contributed by atoms with Gasteiger partial charge in [0, 0.05) is 0 Å². The minimum atomic E-state index is -2.07. The maximum Gasteiger partial charge on any atom is 0.336 e. The van der Waals surface area contributed by atoms with E-state index in [1.807, 2.05) is 0 Å². The SMILES string of the molecule is COC(=O)C1=CC(=O)[C@@H]2O[C@@H]2[C@H]1O[Si](C)(C)C(C)(C)C. The van der Waals surface area contributed by atoms with Gasteiger partial charge in [0.25, 0.3) is 0 Å².